The van der Waals surface area contributed by atoms with Crippen LogP contribution in [0.5, 0.6) is 0 Å². The number of hydrogen-bond acceptors (Lipinski definition) is 1. The minimum atomic E-state index is -0.205. The zero-order valence-electron chi connectivity index (χ0n) is 10.4. The normalized spacial score (nSPS) is 23.4. The number of benzene rings is 1. The second-order valence-corrected chi connectivity index (χ2v) is 6.41. The van der Waals surface area contributed by atoms with E-state index in [0.29, 0.717) is 15.9 Å². The van der Waals surface area contributed by atoms with Crippen molar-refractivity contribution in [2.45, 2.75) is 45.6 Å². The van der Waals surface area contributed by atoms with Gasteiger partial charge in [0.05, 0.1) is 4.47 Å². The SMILES string of the molecule is CC1(C)CCCCC1Nc1ccc(Br)c(F)c1. The quantitative estimate of drug-likeness (QED) is 0.813. The van der Waals surface area contributed by atoms with Crippen LogP contribution in [0.15, 0.2) is 22.7 Å². The van der Waals surface area contributed by atoms with Crippen molar-refractivity contribution in [2.24, 2.45) is 5.41 Å². The van der Waals surface area contributed by atoms with E-state index in [1.54, 1.807) is 12.1 Å². The molecule has 17 heavy (non-hydrogen) atoms. The highest BCUT2D eigenvalue weighted by Gasteiger charge is 2.31. The number of anilines is 1. The van der Waals surface area contributed by atoms with Crippen LogP contribution >= 0.6 is 15.9 Å². The van der Waals surface area contributed by atoms with E-state index < -0.39 is 0 Å². The summed E-state index contributed by atoms with van der Waals surface area (Å²) in [6.45, 7) is 4.58. The van der Waals surface area contributed by atoms with E-state index in [9.17, 15) is 4.39 Å². The third kappa shape index (κ3) is 3.01. The molecule has 2 rings (SSSR count). The Morgan fingerprint density at radius 1 is 1.35 bits per heavy atom. The highest BCUT2D eigenvalue weighted by Crippen LogP contribution is 2.37. The molecule has 0 amide bonds. The summed E-state index contributed by atoms with van der Waals surface area (Å²) in [6, 6.07) is 5.69. The molecule has 0 bridgehead atoms. The van der Waals surface area contributed by atoms with Crippen molar-refractivity contribution in [1.82, 2.24) is 0 Å². The lowest BCUT2D eigenvalue weighted by molar-refractivity contribution is 0.217. The maximum atomic E-state index is 13.4. The summed E-state index contributed by atoms with van der Waals surface area (Å²) in [4.78, 5) is 0. The van der Waals surface area contributed by atoms with Crippen LogP contribution in [-0.2, 0) is 0 Å². The summed E-state index contributed by atoms with van der Waals surface area (Å²) >= 11 is 3.17. The molecule has 1 N–H and O–H groups in total. The van der Waals surface area contributed by atoms with Crippen LogP contribution in [0.4, 0.5) is 10.1 Å². The Balaban J connectivity index is 2.11. The summed E-state index contributed by atoms with van der Waals surface area (Å²) in [5.74, 6) is -0.205. The van der Waals surface area contributed by atoms with Gasteiger partial charge in [-0.05, 0) is 52.4 Å². The van der Waals surface area contributed by atoms with Crippen molar-refractivity contribution in [1.29, 1.82) is 0 Å². The predicted octanol–water partition coefficient (Wildman–Crippen LogP) is 4.97. The fourth-order valence-electron chi connectivity index (χ4n) is 2.55. The standard InChI is InChI=1S/C14H19BrFN/c1-14(2)8-4-3-5-13(14)17-10-6-7-11(15)12(16)9-10/h6-7,9,13,17H,3-5,8H2,1-2H3. The van der Waals surface area contributed by atoms with Gasteiger partial charge in [0.15, 0.2) is 0 Å². The Labute approximate surface area is 111 Å². The van der Waals surface area contributed by atoms with Crippen molar-refractivity contribution in [3.8, 4) is 0 Å². The van der Waals surface area contributed by atoms with E-state index in [4.69, 9.17) is 0 Å². The highest BCUT2D eigenvalue weighted by molar-refractivity contribution is 9.10. The fourth-order valence-corrected chi connectivity index (χ4v) is 2.80. The number of halogens is 2. The third-order valence-corrected chi connectivity index (χ3v) is 4.41. The number of hydrogen-bond donors (Lipinski definition) is 1. The molecule has 1 aromatic rings. The minimum Gasteiger partial charge on any atom is -0.382 e. The molecule has 1 unspecified atom stereocenters. The lowest BCUT2D eigenvalue weighted by Gasteiger charge is -2.39. The molecule has 0 heterocycles. The first-order valence-corrected chi connectivity index (χ1v) is 7.00. The van der Waals surface area contributed by atoms with Gasteiger partial charge in [0, 0.05) is 11.7 Å². The molecule has 0 aromatic heterocycles. The summed E-state index contributed by atoms with van der Waals surface area (Å²) < 4.78 is 14.0. The van der Waals surface area contributed by atoms with Crippen LogP contribution in [0, 0.1) is 11.2 Å². The van der Waals surface area contributed by atoms with Gasteiger partial charge in [-0.1, -0.05) is 26.7 Å². The second-order valence-electron chi connectivity index (χ2n) is 5.56. The first kappa shape index (κ1) is 12.9. The zero-order valence-corrected chi connectivity index (χ0v) is 12.0. The van der Waals surface area contributed by atoms with E-state index in [0.717, 1.165) is 5.69 Å². The lowest BCUT2D eigenvalue weighted by atomic mass is 9.73. The van der Waals surface area contributed by atoms with Crippen molar-refractivity contribution in [3.63, 3.8) is 0 Å². The molecule has 1 aromatic carbocycles. The molecule has 0 spiro atoms. The van der Waals surface area contributed by atoms with Gasteiger partial charge in [0.1, 0.15) is 5.82 Å². The second kappa shape index (κ2) is 4.97. The monoisotopic (exact) mass is 299 g/mol. The van der Waals surface area contributed by atoms with Gasteiger partial charge >= 0.3 is 0 Å². The Hall–Kier alpha value is -0.570. The molecule has 94 valence electrons. The van der Waals surface area contributed by atoms with Crippen LogP contribution in [-0.4, -0.2) is 6.04 Å². The van der Waals surface area contributed by atoms with Crippen LogP contribution in [0.3, 0.4) is 0 Å². The Morgan fingerprint density at radius 3 is 2.76 bits per heavy atom. The van der Waals surface area contributed by atoms with Gasteiger partial charge in [-0.25, -0.2) is 4.39 Å². The Bertz CT molecular complexity index is 403. The van der Waals surface area contributed by atoms with Gasteiger partial charge in [0.25, 0.3) is 0 Å². The van der Waals surface area contributed by atoms with Gasteiger partial charge in [-0.2, -0.15) is 0 Å². The van der Waals surface area contributed by atoms with E-state index in [1.165, 1.54) is 25.7 Å². The van der Waals surface area contributed by atoms with Gasteiger partial charge in [-0.3, -0.25) is 0 Å². The van der Waals surface area contributed by atoms with E-state index in [2.05, 4.69) is 35.1 Å². The average Bonchev–Trinajstić information content (AvgIpc) is 2.26. The summed E-state index contributed by atoms with van der Waals surface area (Å²) in [5, 5.41) is 3.48. The van der Waals surface area contributed by atoms with Crippen LogP contribution in [0.1, 0.15) is 39.5 Å². The van der Waals surface area contributed by atoms with E-state index >= 15 is 0 Å². The first-order valence-electron chi connectivity index (χ1n) is 6.21. The molecule has 0 radical (unpaired) electrons. The molecule has 0 aliphatic heterocycles. The van der Waals surface area contributed by atoms with Crippen LogP contribution in [0.25, 0.3) is 0 Å². The summed E-state index contributed by atoms with van der Waals surface area (Å²) in [5.41, 5.74) is 1.17. The topological polar surface area (TPSA) is 12.0 Å². The molecule has 1 aliphatic carbocycles. The maximum absolute atomic E-state index is 13.4. The maximum Gasteiger partial charge on any atom is 0.139 e. The van der Waals surface area contributed by atoms with E-state index in [1.807, 2.05) is 6.07 Å². The smallest absolute Gasteiger partial charge is 0.139 e. The molecule has 1 nitrogen and oxygen atoms in total. The van der Waals surface area contributed by atoms with Gasteiger partial charge < -0.3 is 5.32 Å². The highest BCUT2D eigenvalue weighted by atomic mass is 79.9. The van der Waals surface area contributed by atoms with Crippen molar-refractivity contribution < 1.29 is 4.39 Å². The Kier molecular flexibility index (Phi) is 3.76. The van der Waals surface area contributed by atoms with Crippen molar-refractivity contribution in [2.75, 3.05) is 5.32 Å². The minimum absolute atomic E-state index is 0.205. The summed E-state index contributed by atoms with van der Waals surface area (Å²) in [6.07, 6.45) is 4.98. The van der Waals surface area contributed by atoms with Crippen molar-refractivity contribution >= 4 is 21.6 Å². The predicted molar refractivity (Wildman–Crippen MR) is 73.8 cm³/mol. The molecule has 0 saturated heterocycles. The molecule has 1 saturated carbocycles. The molecule has 1 atom stereocenters. The van der Waals surface area contributed by atoms with Gasteiger partial charge in [-0.15, -0.1) is 0 Å². The number of nitrogens with one attached hydrogen (secondary N) is 1. The lowest BCUT2D eigenvalue weighted by Crippen LogP contribution is -2.38. The summed E-state index contributed by atoms with van der Waals surface area (Å²) in [7, 11) is 0. The van der Waals surface area contributed by atoms with Crippen LogP contribution in [0.2, 0.25) is 0 Å². The molecular formula is C14H19BrFN. The fraction of sp³-hybridized carbons (Fsp3) is 0.571. The van der Waals surface area contributed by atoms with Crippen molar-refractivity contribution in [3.05, 3.63) is 28.5 Å². The van der Waals surface area contributed by atoms with E-state index in [-0.39, 0.29) is 5.82 Å². The van der Waals surface area contributed by atoms with Gasteiger partial charge in [0.2, 0.25) is 0 Å². The Morgan fingerprint density at radius 2 is 2.12 bits per heavy atom. The third-order valence-electron chi connectivity index (χ3n) is 3.77. The van der Waals surface area contributed by atoms with Crippen LogP contribution < -0.4 is 5.32 Å². The largest absolute Gasteiger partial charge is 0.382 e. The molecular weight excluding hydrogens is 281 g/mol. The zero-order chi connectivity index (χ0) is 12.5. The average molecular weight is 300 g/mol. The number of rotatable bonds is 2. The molecule has 1 aliphatic rings. The molecule has 3 heteroatoms. The first-order chi connectivity index (χ1) is 7.99. The molecule has 1 fully saturated rings.